The number of rotatable bonds is 14. The summed E-state index contributed by atoms with van der Waals surface area (Å²) in [5.74, 6) is 3.48. The number of allylic oxidation sites excluding steroid dienone is 4. The van der Waals surface area contributed by atoms with E-state index in [1.54, 1.807) is 5.57 Å². The van der Waals surface area contributed by atoms with E-state index in [4.69, 9.17) is 18.0 Å². The number of aromatic nitrogens is 1. The van der Waals surface area contributed by atoms with Crippen LogP contribution in [0.25, 0.3) is 0 Å². The van der Waals surface area contributed by atoms with Crippen LogP contribution in [-0.2, 0) is 30.2 Å². The van der Waals surface area contributed by atoms with Gasteiger partial charge in [0.2, 0.25) is 5.89 Å². The molecule has 4 aliphatic rings. The first-order valence-corrected chi connectivity index (χ1v) is 27.6. The lowest BCUT2D eigenvalue weighted by atomic mass is 9.62. The highest BCUT2D eigenvalue weighted by Gasteiger charge is 2.56. The third-order valence-corrected chi connectivity index (χ3v) is 23.5. The molecule has 8 heteroatoms. The second-order valence-corrected chi connectivity index (χ2v) is 30.2. The van der Waals surface area contributed by atoms with Crippen molar-refractivity contribution in [1.29, 1.82) is 0 Å². The monoisotopic (exact) mass is 780 g/mol. The van der Waals surface area contributed by atoms with Gasteiger partial charge in [0.05, 0.1) is 23.8 Å². The Hall–Kier alpha value is -1.75. The first-order chi connectivity index (χ1) is 25.2. The highest BCUT2D eigenvalue weighted by atomic mass is 28.4. The molecule has 0 bridgehead atoms. The number of hydrogen-bond acceptors (Lipinski definition) is 6. The molecule has 4 saturated carbocycles. The lowest BCUT2D eigenvalue weighted by molar-refractivity contribution is -0.145. The largest absolute Gasteiger partial charge is 0.457 e. The zero-order valence-electron chi connectivity index (χ0n) is 36.4. The van der Waals surface area contributed by atoms with Crippen molar-refractivity contribution in [3.05, 3.63) is 53.3 Å². The maximum atomic E-state index is 12.3. The highest BCUT2D eigenvalue weighted by Crippen LogP contribution is 2.53. The normalized spacial score (nSPS) is 27.9. The van der Waals surface area contributed by atoms with Crippen molar-refractivity contribution in [1.82, 2.24) is 4.98 Å². The molecule has 0 saturated heterocycles. The van der Waals surface area contributed by atoms with E-state index in [0.717, 1.165) is 69.4 Å². The van der Waals surface area contributed by atoms with E-state index in [0.29, 0.717) is 17.8 Å². The summed E-state index contributed by atoms with van der Waals surface area (Å²) in [4.78, 5) is 17.0. The molecule has 0 amide bonds. The first-order valence-electron chi connectivity index (χ1n) is 21.8. The standard InChI is InChI=1S/C46H77NO5Si2/c1-13-14-21-37-32-47-43(50-37)46(27-28-46)42(49-33(2)48)24-17-20-35-18-15-23-41-36(19-16-22-40(35)41)26-25-34-29-38(51-53(9,10)44(3,4)5)31-39(30-34)52-54(11,12)45(6,7)8/h17,24-26,32,35,38-42H,13-16,18-23,27-31H2,1-12H3/b24-17+,36-26+/t35?,38-,39-,40-,41+,42?/m1/s1. The minimum absolute atomic E-state index is 0.186. The topological polar surface area (TPSA) is 70.8 Å². The molecule has 4 fully saturated rings. The Labute approximate surface area is 332 Å². The zero-order valence-corrected chi connectivity index (χ0v) is 38.4. The van der Waals surface area contributed by atoms with Gasteiger partial charge in [-0.2, -0.15) is 0 Å². The summed E-state index contributed by atoms with van der Waals surface area (Å²) < 4.78 is 26.4. The summed E-state index contributed by atoms with van der Waals surface area (Å²) in [6.07, 6.45) is 28.3. The van der Waals surface area contributed by atoms with Crippen LogP contribution < -0.4 is 0 Å². The van der Waals surface area contributed by atoms with E-state index < -0.39 is 16.6 Å². The molecule has 0 aromatic carbocycles. The molecule has 6 atom stereocenters. The number of carbonyl (C=O) groups excluding carboxylic acids is 1. The first kappa shape index (κ1) is 43.4. The molecular formula is C46H77NO5Si2. The number of carbonyl (C=O) groups is 1. The number of oxazole rings is 1. The SMILES string of the molecule is CCCCc1cnc(C2(C(/C=C/CC3CCC[C@H]4/C(=C/C=C5C[C@@H](O[Si](C)(C)C(C)(C)C)C[C@H](O[Si](C)(C)C(C)(C)C)C5)CCC[C@H]34)OC(C)=O)CC2)o1. The molecule has 1 aromatic rings. The molecule has 1 heterocycles. The Morgan fingerprint density at radius 2 is 1.61 bits per heavy atom. The Kier molecular flexibility index (Phi) is 14.0. The summed E-state index contributed by atoms with van der Waals surface area (Å²) in [6.45, 7) is 27.4. The number of unbranched alkanes of at least 4 members (excludes halogenated alkanes) is 1. The Morgan fingerprint density at radius 1 is 0.963 bits per heavy atom. The molecule has 2 unspecified atom stereocenters. The summed E-state index contributed by atoms with van der Waals surface area (Å²) in [6, 6.07) is 0. The van der Waals surface area contributed by atoms with Crippen molar-refractivity contribution in [2.24, 2.45) is 17.8 Å². The Morgan fingerprint density at radius 3 is 2.19 bits per heavy atom. The summed E-state index contributed by atoms with van der Waals surface area (Å²) in [5.41, 5.74) is 2.85. The number of esters is 1. The van der Waals surface area contributed by atoms with E-state index in [2.05, 4.69) is 104 Å². The van der Waals surface area contributed by atoms with Gasteiger partial charge >= 0.3 is 5.97 Å². The molecule has 0 aliphatic heterocycles. The molecule has 304 valence electrons. The average Bonchev–Trinajstić information content (AvgIpc) is 3.74. The molecule has 0 radical (unpaired) electrons. The quantitative estimate of drug-likeness (QED) is 0.106. The lowest BCUT2D eigenvalue weighted by Crippen LogP contribution is -2.48. The van der Waals surface area contributed by atoms with Gasteiger partial charge in [0.1, 0.15) is 11.9 Å². The van der Waals surface area contributed by atoms with E-state index >= 15 is 0 Å². The van der Waals surface area contributed by atoms with Crippen LogP contribution in [0.3, 0.4) is 0 Å². The van der Waals surface area contributed by atoms with Crippen LogP contribution in [0.2, 0.25) is 36.3 Å². The number of aryl methyl sites for hydroxylation is 1. The van der Waals surface area contributed by atoms with Crippen molar-refractivity contribution in [3.63, 3.8) is 0 Å². The smallest absolute Gasteiger partial charge is 0.303 e. The number of hydrogen-bond donors (Lipinski definition) is 0. The summed E-state index contributed by atoms with van der Waals surface area (Å²) >= 11 is 0. The number of nitrogens with zero attached hydrogens (tertiary/aromatic N) is 1. The van der Waals surface area contributed by atoms with Gasteiger partial charge in [-0.25, -0.2) is 4.98 Å². The van der Waals surface area contributed by atoms with Crippen molar-refractivity contribution >= 4 is 22.6 Å². The fraction of sp³-hybridized carbons (Fsp3) is 0.783. The van der Waals surface area contributed by atoms with Gasteiger partial charge in [0, 0.05) is 13.3 Å². The average molecular weight is 780 g/mol. The number of fused-ring (bicyclic) bond motifs is 1. The third kappa shape index (κ3) is 10.6. The maximum Gasteiger partial charge on any atom is 0.303 e. The van der Waals surface area contributed by atoms with Gasteiger partial charge in [-0.15, -0.1) is 0 Å². The van der Waals surface area contributed by atoms with Crippen molar-refractivity contribution in [3.8, 4) is 0 Å². The van der Waals surface area contributed by atoms with Crippen molar-refractivity contribution in [2.45, 2.75) is 212 Å². The minimum Gasteiger partial charge on any atom is -0.457 e. The lowest BCUT2D eigenvalue weighted by Gasteiger charge is -2.45. The van der Waals surface area contributed by atoms with Crippen LogP contribution in [0.1, 0.15) is 157 Å². The second-order valence-electron chi connectivity index (χ2n) is 20.6. The van der Waals surface area contributed by atoms with Gasteiger partial charge in [0.25, 0.3) is 0 Å². The van der Waals surface area contributed by atoms with Crippen molar-refractivity contribution in [2.75, 3.05) is 0 Å². The van der Waals surface area contributed by atoms with Crippen LogP contribution in [0.15, 0.2) is 46.1 Å². The molecule has 5 rings (SSSR count). The summed E-state index contributed by atoms with van der Waals surface area (Å²) in [7, 11) is -3.82. The maximum absolute atomic E-state index is 12.3. The van der Waals surface area contributed by atoms with Crippen LogP contribution >= 0.6 is 0 Å². The molecular weight excluding hydrogens is 703 g/mol. The van der Waals surface area contributed by atoms with Gasteiger partial charge in [-0.05, 0) is 137 Å². The van der Waals surface area contributed by atoms with Crippen LogP contribution in [-0.4, -0.2) is 45.9 Å². The van der Waals surface area contributed by atoms with Crippen LogP contribution in [0, 0.1) is 17.8 Å². The van der Waals surface area contributed by atoms with E-state index in [9.17, 15) is 4.79 Å². The van der Waals surface area contributed by atoms with Gasteiger partial charge < -0.3 is 18.0 Å². The molecule has 1 aromatic heterocycles. The van der Waals surface area contributed by atoms with Gasteiger partial charge in [-0.3, -0.25) is 4.79 Å². The molecule has 0 spiro atoms. The van der Waals surface area contributed by atoms with Crippen LogP contribution in [0.4, 0.5) is 0 Å². The molecule has 6 nitrogen and oxygen atoms in total. The molecule has 54 heavy (non-hydrogen) atoms. The minimum atomic E-state index is -1.91. The van der Waals surface area contributed by atoms with Crippen LogP contribution in [0.5, 0.6) is 0 Å². The highest BCUT2D eigenvalue weighted by molar-refractivity contribution is 6.74. The predicted octanol–water partition coefficient (Wildman–Crippen LogP) is 13.0. The van der Waals surface area contributed by atoms with Crippen molar-refractivity contribution < 1.29 is 22.8 Å². The predicted molar refractivity (Wildman–Crippen MR) is 228 cm³/mol. The number of ether oxygens (including phenoxy) is 1. The molecule has 0 N–H and O–H groups in total. The third-order valence-electron chi connectivity index (χ3n) is 14.4. The van der Waals surface area contributed by atoms with Gasteiger partial charge in [0.15, 0.2) is 16.6 Å². The summed E-state index contributed by atoms with van der Waals surface area (Å²) in [5, 5.41) is 0.371. The fourth-order valence-electron chi connectivity index (χ4n) is 8.99. The van der Waals surface area contributed by atoms with E-state index in [1.165, 1.54) is 51.0 Å². The van der Waals surface area contributed by atoms with E-state index in [-0.39, 0.29) is 39.8 Å². The molecule has 4 aliphatic carbocycles. The van der Waals surface area contributed by atoms with E-state index in [1.807, 2.05) is 6.20 Å². The Balaban J connectivity index is 1.29. The second kappa shape index (κ2) is 17.4. The Bertz CT molecular complexity index is 1460. The zero-order chi connectivity index (χ0) is 39.5. The fourth-order valence-corrected chi connectivity index (χ4v) is 11.7. The van der Waals surface area contributed by atoms with Gasteiger partial charge in [-0.1, -0.05) is 90.7 Å².